The lowest BCUT2D eigenvalue weighted by atomic mass is 9.90. The molecule has 1 unspecified atom stereocenters. The molecule has 2 aliphatic carbocycles. The summed E-state index contributed by atoms with van der Waals surface area (Å²) in [5.41, 5.74) is 1.33. The number of hydrogen-bond donors (Lipinski definition) is 2. The molecule has 1 fully saturated rings. The van der Waals surface area contributed by atoms with Crippen LogP contribution in [0.5, 0.6) is 0 Å². The van der Waals surface area contributed by atoms with E-state index in [4.69, 9.17) is 9.47 Å². The van der Waals surface area contributed by atoms with E-state index < -0.39 is 0 Å². The van der Waals surface area contributed by atoms with Gasteiger partial charge in [0.2, 0.25) is 0 Å². The van der Waals surface area contributed by atoms with E-state index in [1.54, 1.807) is 12.5 Å². The van der Waals surface area contributed by atoms with Crippen LogP contribution in [0.25, 0.3) is 0 Å². The van der Waals surface area contributed by atoms with Gasteiger partial charge in [0.05, 0.1) is 12.1 Å². The Hall–Kier alpha value is -1.52. The van der Waals surface area contributed by atoms with E-state index in [2.05, 4.69) is 23.5 Å². The Balaban J connectivity index is 1.71. The van der Waals surface area contributed by atoms with Gasteiger partial charge in [-0.05, 0) is 44.1 Å². The molecule has 0 aromatic carbocycles. The predicted octanol–water partition coefficient (Wildman–Crippen LogP) is 2.88. The third-order valence-electron chi connectivity index (χ3n) is 4.32. The van der Waals surface area contributed by atoms with Gasteiger partial charge in [-0.25, -0.2) is 0 Å². The van der Waals surface area contributed by atoms with Crippen molar-refractivity contribution >= 4 is 0 Å². The van der Waals surface area contributed by atoms with Crippen molar-refractivity contribution in [2.45, 2.75) is 56.7 Å². The smallest absolute Gasteiger partial charge is 0.159 e. The largest absolute Gasteiger partial charge is 0.466 e. The first-order chi connectivity index (χ1) is 10.3. The van der Waals surface area contributed by atoms with E-state index in [1.807, 2.05) is 0 Å². The molecule has 1 heterocycles. The first-order valence-corrected chi connectivity index (χ1v) is 7.80. The Morgan fingerprint density at radius 3 is 2.71 bits per heavy atom. The Bertz CT molecular complexity index is 470. The van der Waals surface area contributed by atoms with Gasteiger partial charge >= 0.3 is 0 Å². The first-order valence-electron chi connectivity index (χ1n) is 7.80. The molecule has 2 N–H and O–H groups in total. The fraction of sp³-hybridized carbons (Fsp3) is 0.529. The van der Waals surface area contributed by atoms with Gasteiger partial charge < -0.3 is 19.9 Å². The molecule has 1 saturated carbocycles. The lowest BCUT2D eigenvalue weighted by Crippen LogP contribution is -2.43. The molecule has 1 aliphatic heterocycles. The summed E-state index contributed by atoms with van der Waals surface area (Å²) in [5.74, 6) is 0.810. The molecule has 0 bridgehead atoms. The molecular weight excluding hydrogens is 266 g/mol. The monoisotopic (exact) mass is 289 g/mol. The van der Waals surface area contributed by atoms with Gasteiger partial charge in [0.15, 0.2) is 5.76 Å². The van der Waals surface area contributed by atoms with Crippen LogP contribution in [0.3, 0.4) is 0 Å². The zero-order valence-corrected chi connectivity index (χ0v) is 12.2. The minimum Gasteiger partial charge on any atom is -0.466 e. The number of nitrogens with one attached hydrogen (secondary N) is 1. The second kappa shape index (κ2) is 6.96. The number of ether oxygens (including phenoxy) is 2. The van der Waals surface area contributed by atoms with Gasteiger partial charge in [0.25, 0.3) is 0 Å². The summed E-state index contributed by atoms with van der Waals surface area (Å²) in [4.78, 5) is 0. The number of aliphatic hydroxyl groups excluding tert-OH is 1. The van der Waals surface area contributed by atoms with Crippen molar-refractivity contribution < 1.29 is 14.6 Å². The molecular formula is C17H23NO3. The summed E-state index contributed by atoms with van der Waals surface area (Å²) in [7, 11) is 0. The van der Waals surface area contributed by atoms with E-state index in [0.29, 0.717) is 6.04 Å². The van der Waals surface area contributed by atoms with Crippen LogP contribution >= 0.6 is 0 Å². The summed E-state index contributed by atoms with van der Waals surface area (Å²) >= 11 is 0. The Morgan fingerprint density at radius 1 is 1.19 bits per heavy atom. The van der Waals surface area contributed by atoms with Crippen molar-refractivity contribution in [3.8, 4) is 0 Å². The molecule has 4 nitrogen and oxygen atoms in total. The van der Waals surface area contributed by atoms with Gasteiger partial charge in [0.1, 0.15) is 18.8 Å². The van der Waals surface area contributed by atoms with Crippen molar-refractivity contribution in [3.63, 3.8) is 0 Å². The van der Waals surface area contributed by atoms with Crippen molar-refractivity contribution in [2.24, 2.45) is 0 Å². The van der Waals surface area contributed by atoms with Gasteiger partial charge in [-0.15, -0.1) is 0 Å². The maximum Gasteiger partial charge on any atom is 0.159 e. The fourth-order valence-corrected chi connectivity index (χ4v) is 3.12. The molecule has 0 amide bonds. The Morgan fingerprint density at radius 2 is 2.05 bits per heavy atom. The maximum atomic E-state index is 9.65. The summed E-state index contributed by atoms with van der Waals surface area (Å²) in [6.45, 7) is 0. The molecule has 3 aliphatic rings. The van der Waals surface area contributed by atoms with Crippen LogP contribution in [0.4, 0.5) is 0 Å². The third-order valence-corrected chi connectivity index (χ3v) is 4.32. The standard InChI is InChI=1S/C17H23NO3/c19-15-8-6-14(7-9-15)18-17(13-4-2-1-3-5-13)16-12-20-10-11-21-16/h1-2,4,10-12,14-15,17-19H,3,5-9H2. The number of rotatable bonds is 4. The highest BCUT2D eigenvalue weighted by Gasteiger charge is 2.27. The molecule has 1 atom stereocenters. The van der Waals surface area contributed by atoms with Crippen LogP contribution in [0, 0.1) is 0 Å². The van der Waals surface area contributed by atoms with Gasteiger partial charge in [0, 0.05) is 6.04 Å². The average molecular weight is 289 g/mol. The quantitative estimate of drug-likeness (QED) is 0.835. The Kier molecular flexibility index (Phi) is 4.78. The van der Waals surface area contributed by atoms with Crippen LogP contribution in [-0.4, -0.2) is 23.3 Å². The second-order valence-corrected chi connectivity index (χ2v) is 5.86. The summed E-state index contributed by atoms with van der Waals surface area (Å²) in [6.07, 6.45) is 17.0. The molecule has 21 heavy (non-hydrogen) atoms. The van der Waals surface area contributed by atoms with Gasteiger partial charge in [-0.3, -0.25) is 0 Å². The summed E-state index contributed by atoms with van der Waals surface area (Å²) in [6, 6.07) is 0.473. The van der Waals surface area contributed by atoms with Crippen LogP contribution in [0.15, 0.2) is 48.3 Å². The average Bonchev–Trinajstić information content (AvgIpc) is 2.56. The van der Waals surface area contributed by atoms with Crippen molar-refractivity contribution in [1.29, 1.82) is 0 Å². The van der Waals surface area contributed by atoms with E-state index in [-0.39, 0.29) is 12.1 Å². The van der Waals surface area contributed by atoms with Gasteiger partial charge in [-0.2, -0.15) is 0 Å². The maximum absolute atomic E-state index is 9.65. The van der Waals surface area contributed by atoms with E-state index in [0.717, 1.165) is 44.3 Å². The van der Waals surface area contributed by atoms with E-state index in [9.17, 15) is 5.11 Å². The number of hydrogen-bond acceptors (Lipinski definition) is 4. The zero-order valence-electron chi connectivity index (χ0n) is 12.2. The lowest BCUT2D eigenvalue weighted by molar-refractivity contribution is 0.113. The minimum absolute atomic E-state index is 0.0557. The minimum atomic E-state index is -0.130. The molecule has 114 valence electrons. The van der Waals surface area contributed by atoms with Crippen LogP contribution in [-0.2, 0) is 9.47 Å². The SMILES string of the molecule is OC1CCC(NC(C2=CC=CCC2)C2=COC=CO2)CC1. The van der Waals surface area contributed by atoms with Crippen molar-refractivity contribution in [1.82, 2.24) is 5.32 Å². The number of allylic oxidation sites excluding steroid dienone is 3. The van der Waals surface area contributed by atoms with Crippen LogP contribution < -0.4 is 5.32 Å². The molecule has 0 spiro atoms. The van der Waals surface area contributed by atoms with Crippen LogP contribution in [0.1, 0.15) is 38.5 Å². The summed E-state index contributed by atoms with van der Waals surface area (Å²) < 4.78 is 10.9. The molecule has 0 aromatic rings. The first kappa shape index (κ1) is 14.4. The third kappa shape index (κ3) is 3.77. The lowest BCUT2D eigenvalue weighted by Gasteiger charge is -2.32. The molecule has 0 saturated heterocycles. The highest BCUT2D eigenvalue weighted by molar-refractivity contribution is 5.29. The number of aliphatic hydroxyl groups is 1. The zero-order chi connectivity index (χ0) is 14.5. The Labute approximate surface area is 125 Å². The highest BCUT2D eigenvalue weighted by Crippen LogP contribution is 2.26. The van der Waals surface area contributed by atoms with Crippen molar-refractivity contribution in [3.05, 3.63) is 48.3 Å². The van der Waals surface area contributed by atoms with Gasteiger partial charge in [-0.1, -0.05) is 18.2 Å². The fourth-order valence-electron chi connectivity index (χ4n) is 3.12. The molecule has 0 radical (unpaired) electrons. The summed E-state index contributed by atoms with van der Waals surface area (Å²) in [5, 5.41) is 13.3. The van der Waals surface area contributed by atoms with E-state index in [1.165, 1.54) is 11.8 Å². The van der Waals surface area contributed by atoms with Crippen molar-refractivity contribution in [2.75, 3.05) is 0 Å². The predicted molar refractivity (Wildman–Crippen MR) is 81.0 cm³/mol. The molecule has 0 aromatic heterocycles. The van der Waals surface area contributed by atoms with E-state index >= 15 is 0 Å². The highest BCUT2D eigenvalue weighted by atomic mass is 16.5. The topological polar surface area (TPSA) is 50.7 Å². The normalized spacial score (nSPS) is 30.0. The second-order valence-electron chi connectivity index (χ2n) is 5.86. The van der Waals surface area contributed by atoms with Crippen LogP contribution in [0.2, 0.25) is 0 Å². The molecule has 4 heteroatoms. The molecule has 3 rings (SSSR count).